The zero-order valence-corrected chi connectivity index (χ0v) is 10.0. The summed E-state index contributed by atoms with van der Waals surface area (Å²) in [7, 11) is 0. The van der Waals surface area contributed by atoms with Crippen molar-refractivity contribution in [3.05, 3.63) is 0 Å². The predicted molar refractivity (Wildman–Crippen MR) is 58.6 cm³/mol. The van der Waals surface area contributed by atoms with E-state index in [1.165, 1.54) is 13.0 Å². The molecule has 0 saturated heterocycles. The molecule has 0 amide bonds. The zero-order valence-electron chi connectivity index (χ0n) is 10.0. The Balaban J connectivity index is 0. The smallest absolute Gasteiger partial charge is 0.00668 e. The number of hydrogen-bond donors (Lipinski definition) is 0. The van der Waals surface area contributed by atoms with E-state index in [0.29, 0.717) is 6.04 Å². The fraction of sp³-hybridized carbons (Fsp3) is 1.00. The van der Waals surface area contributed by atoms with Gasteiger partial charge in [-0.25, -0.2) is 0 Å². The van der Waals surface area contributed by atoms with Crippen LogP contribution in [-0.4, -0.2) is 23.5 Å². The largest absolute Gasteiger partial charge is 0.299 e. The average Bonchev–Trinajstić information content (AvgIpc) is 2.08. The average molecular weight is 173 g/mol. The summed E-state index contributed by atoms with van der Waals surface area (Å²) < 4.78 is 0. The Kier molecular flexibility index (Phi) is 10.9. The van der Waals surface area contributed by atoms with E-state index in [2.05, 4.69) is 39.5 Å². The van der Waals surface area contributed by atoms with Crippen LogP contribution >= 0.6 is 0 Å². The molecule has 0 rings (SSSR count). The SMILES string of the molecule is CC.CCC(C)N(CC)C(C)C. The Morgan fingerprint density at radius 1 is 1.00 bits per heavy atom. The lowest BCUT2D eigenvalue weighted by molar-refractivity contribution is 0.169. The van der Waals surface area contributed by atoms with Gasteiger partial charge in [-0.3, -0.25) is 4.90 Å². The predicted octanol–water partition coefficient (Wildman–Crippen LogP) is 3.54. The van der Waals surface area contributed by atoms with Crippen molar-refractivity contribution in [2.24, 2.45) is 0 Å². The van der Waals surface area contributed by atoms with E-state index in [9.17, 15) is 0 Å². The van der Waals surface area contributed by atoms with Gasteiger partial charge in [-0.1, -0.05) is 27.7 Å². The summed E-state index contributed by atoms with van der Waals surface area (Å²) in [6.45, 7) is 16.5. The molecule has 0 aliphatic heterocycles. The highest BCUT2D eigenvalue weighted by Crippen LogP contribution is 2.06. The van der Waals surface area contributed by atoms with Crippen LogP contribution in [0.4, 0.5) is 0 Å². The summed E-state index contributed by atoms with van der Waals surface area (Å²) in [5.74, 6) is 0. The Labute approximate surface area is 79.2 Å². The normalized spacial score (nSPS) is 12.8. The molecule has 1 heteroatoms. The molecule has 0 aromatic carbocycles. The van der Waals surface area contributed by atoms with Gasteiger partial charge in [0.2, 0.25) is 0 Å². The molecule has 1 unspecified atom stereocenters. The number of nitrogens with zero attached hydrogens (tertiary/aromatic N) is 1. The van der Waals surface area contributed by atoms with Gasteiger partial charge in [0, 0.05) is 12.1 Å². The molecular formula is C11H27N. The summed E-state index contributed by atoms with van der Waals surface area (Å²) in [6, 6.07) is 1.44. The monoisotopic (exact) mass is 173 g/mol. The lowest BCUT2D eigenvalue weighted by Crippen LogP contribution is -2.37. The first-order chi connectivity index (χ1) is 5.63. The van der Waals surface area contributed by atoms with Crippen LogP contribution in [0.25, 0.3) is 0 Å². The lowest BCUT2D eigenvalue weighted by atomic mass is 10.2. The summed E-state index contributed by atoms with van der Waals surface area (Å²) in [4.78, 5) is 2.51. The summed E-state index contributed by atoms with van der Waals surface area (Å²) in [5.41, 5.74) is 0. The molecule has 0 aromatic rings. The molecule has 0 bridgehead atoms. The van der Waals surface area contributed by atoms with Gasteiger partial charge in [0.15, 0.2) is 0 Å². The van der Waals surface area contributed by atoms with Crippen molar-refractivity contribution < 1.29 is 0 Å². The van der Waals surface area contributed by atoms with Crippen LogP contribution < -0.4 is 0 Å². The van der Waals surface area contributed by atoms with Gasteiger partial charge in [-0.2, -0.15) is 0 Å². The summed E-state index contributed by atoms with van der Waals surface area (Å²) in [5, 5.41) is 0. The first kappa shape index (κ1) is 14.5. The molecule has 0 radical (unpaired) electrons. The highest BCUT2D eigenvalue weighted by atomic mass is 15.2. The van der Waals surface area contributed by atoms with Crippen molar-refractivity contribution in [1.29, 1.82) is 0 Å². The van der Waals surface area contributed by atoms with E-state index in [1.807, 2.05) is 13.8 Å². The van der Waals surface area contributed by atoms with Gasteiger partial charge < -0.3 is 0 Å². The van der Waals surface area contributed by atoms with E-state index < -0.39 is 0 Å². The van der Waals surface area contributed by atoms with Crippen LogP contribution in [0.3, 0.4) is 0 Å². The summed E-state index contributed by atoms with van der Waals surface area (Å²) >= 11 is 0. The second kappa shape index (κ2) is 9.05. The topological polar surface area (TPSA) is 3.24 Å². The quantitative estimate of drug-likeness (QED) is 0.628. The number of hydrogen-bond acceptors (Lipinski definition) is 1. The molecule has 1 nitrogen and oxygen atoms in total. The minimum atomic E-state index is 0.694. The van der Waals surface area contributed by atoms with Gasteiger partial charge in [-0.15, -0.1) is 0 Å². The standard InChI is InChI=1S/C9H21N.C2H6/c1-6-9(5)10(7-2)8(3)4;1-2/h8-9H,6-7H2,1-5H3;1-2H3. The molecule has 12 heavy (non-hydrogen) atoms. The highest BCUT2D eigenvalue weighted by molar-refractivity contribution is 4.67. The van der Waals surface area contributed by atoms with Crippen LogP contribution in [0.15, 0.2) is 0 Å². The minimum Gasteiger partial charge on any atom is -0.299 e. The molecular weight excluding hydrogens is 146 g/mol. The summed E-state index contributed by atoms with van der Waals surface area (Å²) in [6.07, 6.45) is 1.26. The Bertz CT molecular complexity index is 79.1. The first-order valence-electron chi connectivity index (χ1n) is 5.39. The molecule has 76 valence electrons. The van der Waals surface area contributed by atoms with E-state index in [1.54, 1.807) is 0 Å². The third-order valence-corrected chi connectivity index (χ3v) is 2.19. The molecule has 0 saturated carbocycles. The van der Waals surface area contributed by atoms with Crippen molar-refractivity contribution in [3.63, 3.8) is 0 Å². The van der Waals surface area contributed by atoms with Crippen LogP contribution in [0, 0.1) is 0 Å². The maximum Gasteiger partial charge on any atom is 0.00668 e. The molecule has 0 aromatic heterocycles. The van der Waals surface area contributed by atoms with Crippen molar-refractivity contribution in [2.45, 2.75) is 67.0 Å². The molecule has 0 aliphatic carbocycles. The number of rotatable bonds is 4. The van der Waals surface area contributed by atoms with Crippen molar-refractivity contribution in [2.75, 3.05) is 6.54 Å². The van der Waals surface area contributed by atoms with Crippen LogP contribution in [0.2, 0.25) is 0 Å². The molecule has 0 heterocycles. The van der Waals surface area contributed by atoms with Gasteiger partial charge >= 0.3 is 0 Å². The fourth-order valence-electron chi connectivity index (χ4n) is 1.42. The van der Waals surface area contributed by atoms with E-state index >= 15 is 0 Å². The molecule has 0 fully saturated rings. The maximum atomic E-state index is 2.51. The van der Waals surface area contributed by atoms with Gasteiger partial charge in [0.1, 0.15) is 0 Å². The Morgan fingerprint density at radius 2 is 1.42 bits per heavy atom. The lowest BCUT2D eigenvalue weighted by Gasteiger charge is -2.30. The first-order valence-corrected chi connectivity index (χ1v) is 5.39. The van der Waals surface area contributed by atoms with E-state index in [4.69, 9.17) is 0 Å². The van der Waals surface area contributed by atoms with Crippen molar-refractivity contribution in [3.8, 4) is 0 Å². The third-order valence-electron chi connectivity index (χ3n) is 2.19. The van der Waals surface area contributed by atoms with Gasteiger partial charge in [0.25, 0.3) is 0 Å². The molecule has 0 spiro atoms. The van der Waals surface area contributed by atoms with Crippen LogP contribution in [0.1, 0.15) is 54.9 Å². The zero-order chi connectivity index (χ0) is 10.1. The highest BCUT2D eigenvalue weighted by Gasteiger charge is 2.11. The Hall–Kier alpha value is -0.0400. The van der Waals surface area contributed by atoms with Crippen LogP contribution in [0.5, 0.6) is 0 Å². The maximum absolute atomic E-state index is 2.51. The van der Waals surface area contributed by atoms with Crippen molar-refractivity contribution >= 4 is 0 Å². The fourth-order valence-corrected chi connectivity index (χ4v) is 1.42. The molecule has 0 N–H and O–H groups in total. The molecule has 0 aliphatic rings. The third kappa shape index (κ3) is 5.59. The van der Waals surface area contributed by atoms with E-state index in [-0.39, 0.29) is 0 Å². The van der Waals surface area contributed by atoms with E-state index in [0.717, 1.165) is 6.04 Å². The Morgan fingerprint density at radius 3 is 1.50 bits per heavy atom. The van der Waals surface area contributed by atoms with Crippen LogP contribution in [-0.2, 0) is 0 Å². The molecule has 1 atom stereocenters. The van der Waals surface area contributed by atoms with Gasteiger partial charge in [-0.05, 0) is 33.7 Å². The second-order valence-corrected chi connectivity index (χ2v) is 3.18. The minimum absolute atomic E-state index is 0.694. The van der Waals surface area contributed by atoms with Gasteiger partial charge in [0.05, 0.1) is 0 Å². The van der Waals surface area contributed by atoms with Crippen molar-refractivity contribution in [1.82, 2.24) is 4.90 Å². The second-order valence-electron chi connectivity index (χ2n) is 3.18.